The number of hydroxylamine groups is 1. The van der Waals surface area contributed by atoms with Gasteiger partial charge in [0.15, 0.2) is 0 Å². The van der Waals surface area contributed by atoms with Gasteiger partial charge >= 0.3 is 0 Å². The molecule has 0 bridgehead atoms. The lowest BCUT2D eigenvalue weighted by Crippen LogP contribution is -2.14. The molecule has 4 nitrogen and oxygen atoms in total. The minimum Gasteiger partial charge on any atom is -0.493 e. The van der Waals surface area contributed by atoms with E-state index in [1.54, 1.807) is 11.6 Å². The van der Waals surface area contributed by atoms with Crippen LogP contribution in [0.5, 0.6) is 5.75 Å². The summed E-state index contributed by atoms with van der Waals surface area (Å²) >= 11 is 0. The number of hydrogen-bond donors (Lipinski definition) is 2. The molecule has 1 aromatic rings. The smallest absolute Gasteiger partial charge is 0.267 e. The van der Waals surface area contributed by atoms with E-state index in [4.69, 9.17) is 9.94 Å². The standard InChI is InChI=1S/C15H21NO3/c1-3-4-5-10-19-14-8-6-13(11-12(14)2)7-9-15(17)16-18/h6-9,11,18H,3-5,10H2,1-2H3,(H,16,17)/b9-7+. The van der Waals surface area contributed by atoms with Gasteiger partial charge in [-0.3, -0.25) is 10.0 Å². The van der Waals surface area contributed by atoms with Crippen LogP contribution in [0.2, 0.25) is 0 Å². The number of carbonyl (C=O) groups is 1. The second-order valence-corrected chi connectivity index (χ2v) is 4.39. The molecule has 0 atom stereocenters. The molecule has 4 heteroatoms. The Morgan fingerprint density at radius 3 is 2.84 bits per heavy atom. The molecule has 0 aromatic heterocycles. The number of ether oxygens (including phenoxy) is 1. The number of benzene rings is 1. The van der Waals surface area contributed by atoms with E-state index in [2.05, 4.69) is 6.92 Å². The van der Waals surface area contributed by atoms with Crippen molar-refractivity contribution in [1.82, 2.24) is 5.48 Å². The lowest BCUT2D eigenvalue weighted by molar-refractivity contribution is -0.124. The highest BCUT2D eigenvalue weighted by molar-refractivity contribution is 5.90. The quantitative estimate of drug-likeness (QED) is 0.344. The molecule has 104 valence electrons. The summed E-state index contributed by atoms with van der Waals surface area (Å²) in [5.41, 5.74) is 3.47. The van der Waals surface area contributed by atoms with Crippen LogP contribution < -0.4 is 10.2 Å². The van der Waals surface area contributed by atoms with Crippen molar-refractivity contribution in [3.05, 3.63) is 35.4 Å². The Bertz CT molecular complexity index is 441. The first-order valence-electron chi connectivity index (χ1n) is 6.53. The highest BCUT2D eigenvalue weighted by Crippen LogP contribution is 2.20. The molecular weight excluding hydrogens is 242 g/mol. The van der Waals surface area contributed by atoms with E-state index >= 15 is 0 Å². The Morgan fingerprint density at radius 2 is 2.21 bits per heavy atom. The van der Waals surface area contributed by atoms with Gasteiger partial charge in [0.25, 0.3) is 5.91 Å². The molecule has 1 amide bonds. The van der Waals surface area contributed by atoms with Gasteiger partial charge in [-0.05, 0) is 42.7 Å². The van der Waals surface area contributed by atoms with Gasteiger partial charge in [-0.25, -0.2) is 5.48 Å². The molecule has 0 saturated heterocycles. The van der Waals surface area contributed by atoms with E-state index in [-0.39, 0.29) is 0 Å². The molecule has 0 aliphatic rings. The summed E-state index contributed by atoms with van der Waals surface area (Å²) < 4.78 is 5.70. The van der Waals surface area contributed by atoms with Crippen LogP contribution in [0, 0.1) is 6.92 Å². The predicted molar refractivity (Wildman–Crippen MR) is 75.2 cm³/mol. The van der Waals surface area contributed by atoms with Gasteiger partial charge in [-0.15, -0.1) is 0 Å². The fourth-order valence-electron chi connectivity index (χ4n) is 1.68. The van der Waals surface area contributed by atoms with Gasteiger partial charge in [0.1, 0.15) is 5.75 Å². The van der Waals surface area contributed by atoms with Crippen molar-refractivity contribution in [1.29, 1.82) is 0 Å². The molecule has 1 rings (SSSR count). The molecule has 0 unspecified atom stereocenters. The van der Waals surface area contributed by atoms with E-state index in [0.717, 1.165) is 29.9 Å². The maximum absolute atomic E-state index is 10.9. The van der Waals surface area contributed by atoms with Crippen molar-refractivity contribution in [2.45, 2.75) is 33.1 Å². The average Bonchev–Trinajstić information content (AvgIpc) is 2.42. The zero-order chi connectivity index (χ0) is 14.1. The SMILES string of the molecule is CCCCCOc1ccc(/C=C/C(=O)NO)cc1C. The molecule has 0 heterocycles. The summed E-state index contributed by atoms with van der Waals surface area (Å²) in [5.74, 6) is 0.331. The highest BCUT2D eigenvalue weighted by atomic mass is 16.5. The summed E-state index contributed by atoms with van der Waals surface area (Å²) in [4.78, 5) is 10.9. The highest BCUT2D eigenvalue weighted by Gasteiger charge is 2.00. The number of hydrogen-bond acceptors (Lipinski definition) is 3. The molecule has 2 N–H and O–H groups in total. The number of amides is 1. The fraction of sp³-hybridized carbons (Fsp3) is 0.400. The molecule has 0 radical (unpaired) electrons. The first kappa shape index (κ1) is 15.2. The molecule has 1 aromatic carbocycles. The number of carbonyl (C=O) groups excluding carboxylic acids is 1. The average molecular weight is 263 g/mol. The second-order valence-electron chi connectivity index (χ2n) is 4.39. The Kier molecular flexibility index (Phi) is 6.68. The normalized spacial score (nSPS) is 10.7. The molecular formula is C15H21NO3. The molecule has 0 aliphatic carbocycles. The summed E-state index contributed by atoms with van der Waals surface area (Å²) in [7, 11) is 0. The lowest BCUT2D eigenvalue weighted by Gasteiger charge is -2.09. The second kappa shape index (κ2) is 8.32. The summed E-state index contributed by atoms with van der Waals surface area (Å²) in [5, 5.41) is 8.38. The number of aryl methyl sites for hydroxylation is 1. The topological polar surface area (TPSA) is 58.6 Å². The minimum absolute atomic E-state index is 0.544. The van der Waals surface area contributed by atoms with Crippen LogP contribution in [0.4, 0.5) is 0 Å². The Hall–Kier alpha value is -1.81. The Morgan fingerprint density at radius 1 is 1.42 bits per heavy atom. The van der Waals surface area contributed by atoms with Crippen LogP contribution in [0.25, 0.3) is 6.08 Å². The predicted octanol–water partition coefficient (Wildman–Crippen LogP) is 3.08. The lowest BCUT2D eigenvalue weighted by atomic mass is 10.1. The van der Waals surface area contributed by atoms with E-state index in [1.807, 2.05) is 25.1 Å². The number of unbranched alkanes of at least 4 members (excludes halogenated alkanes) is 2. The van der Waals surface area contributed by atoms with E-state index in [9.17, 15) is 4.79 Å². The first-order valence-corrected chi connectivity index (χ1v) is 6.53. The zero-order valence-corrected chi connectivity index (χ0v) is 11.5. The van der Waals surface area contributed by atoms with E-state index in [0.29, 0.717) is 0 Å². The summed E-state index contributed by atoms with van der Waals surface area (Å²) in [6, 6.07) is 5.72. The van der Waals surface area contributed by atoms with Crippen molar-refractivity contribution in [3.63, 3.8) is 0 Å². The molecule has 0 aliphatic heterocycles. The van der Waals surface area contributed by atoms with Crippen LogP contribution in [0.1, 0.15) is 37.3 Å². The minimum atomic E-state index is -0.544. The van der Waals surface area contributed by atoms with Crippen LogP contribution in [0.15, 0.2) is 24.3 Å². The van der Waals surface area contributed by atoms with Crippen LogP contribution >= 0.6 is 0 Å². The first-order chi connectivity index (χ1) is 9.17. The van der Waals surface area contributed by atoms with E-state index in [1.165, 1.54) is 18.9 Å². The van der Waals surface area contributed by atoms with Gasteiger partial charge in [0.2, 0.25) is 0 Å². The number of rotatable bonds is 7. The molecule has 0 spiro atoms. The fourth-order valence-corrected chi connectivity index (χ4v) is 1.68. The summed E-state index contributed by atoms with van der Waals surface area (Å²) in [6.07, 6.45) is 6.33. The van der Waals surface area contributed by atoms with Crippen molar-refractivity contribution in [2.24, 2.45) is 0 Å². The van der Waals surface area contributed by atoms with Crippen molar-refractivity contribution in [2.75, 3.05) is 6.61 Å². The largest absolute Gasteiger partial charge is 0.493 e. The van der Waals surface area contributed by atoms with Crippen molar-refractivity contribution >= 4 is 12.0 Å². The van der Waals surface area contributed by atoms with Crippen molar-refractivity contribution < 1.29 is 14.7 Å². The maximum Gasteiger partial charge on any atom is 0.267 e. The Labute approximate surface area is 114 Å². The third-order valence-corrected chi connectivity index (χ3v) is 2.74. The van der Waals surface area contributed by atoms with Gasteiger partial charge < -0.3 is 4.74 Å². The third-order valence-electron chi connectivity index (χ3n) is 2.74. The van der Waals surface area contributed by atoms with Crippen LogP contribution in [-0.4, -0.2) is 17.7 Å². The third kappa shape index (κ3) is 5.57. The number of nitrogens with one attached hydrogen (secondary N) is 1. The molecule has 19 heavy (non-hydrogen) atoms. The van der Waals surface area contributed by atoms with Crippen molar-refractivity contribution in [3.8, 4) is 5.75 Å². The maximum atomic E-state index is 10.9. The Balaban J connectivity index is 2.59. The van der Waals surface area contributed by atoms with Gasteiger partial charge in [-0.2, -0.15) is 0 Å². The monoisotopic (exact) mass is 263 g/mol. The van der Waals surface area contributed by atoms with Crippen LogP contribution in [-0.2, 0) is 4.79 Å². The molecule has 0 saturated carbocycles. The van der Waals surface area contributed by atoms with Gasteiger partial charge in [0, 0.05) is 6.08 Å². The van der Waals surface area contributed by atoms with Crippen LogP contribution in [0.3, 0.4) is 0 Å². The van der Waals surface area contributed by atoms with E-state index < -0.39 is 5.91 Å². The van der Waals surface area contributed by atoms with Gasteiger partial charge in [0.05, 0.1) is 6.61 Å². The zero-order valence-electron chi connectivity index (χ0n) is 11.5. The summed E-state index contributed by atoms with van der Waals surface area (Å²) in [6.45, 7) is 4.87. The van der Waals surface area contributed by atoms with Gasteiger partial charge in [-0.1, -0.05) is 25.8 Å². The molecule has 0 fully saturated rings.